The summed E-state index contributed by atoms with van der Waals surface area (Å²) in [6.45, 7) is 0. The van der Waals surface area contributed by atoms with Crippen molar-refractivity contribution in [3.8, 4) is 0 Å². The van der Waals surface area contributed by atoms with E-state index >= 15 is 0 Å². The van der Waals surface area contributed by atoms with Crippen LogP contribution in [0.15, 0.2) is 42.5 Å². The molecule has 0 aliphatic rings. The quantitative estimate of drug-likeness (QED) is 0.337. The number of ketones is 1. The van der Waals surface area contributed by atoms with Gasteiger partial charge in [0.25, 0.3) is 0 Å². The van der Waals surface area contributed by atoms with Crippen LogP contribution in [0.2, 0.25) is 5.02 Å². The molecule has 21 heavy (non-hydrogen) atoms. The first-order valence-electron chi connectivity index (χ1n) is 5.95. The van der Waals surface area contributed by atoms with Gasteiger partial charge in [-0.15, -0.1) is 5.10 Å². The number of halogens is 3. The average molecular weight is 433 g/mol. The molecule has 0 saturated heterocycles. The number of hydrogen-bond donors (Lipinski definition) is 0. The molecule has 0 N–H and O–H groups in total. The second-order valence-corrected chi connectivity index (χ2v) is 6.83. The Balaban J connectivity index is 2.06. The van der Waals surface area contributed by atoms with Crippen LogP contribution in [0.1, 0.15) is 15.9 Å². The summed E-state index contributed by atoms with van der Waals surface area (Å²) >= 11 is 7.94. The Hall–Kier alpha value is -1.04. The van der Waals surface area contributed by atoms with Crippen LogP contribution in [0.5, 0.6) is 0 Å². The van der Waals surface area contributed by atoms with Gasteiger partial charge in [0, 0.05) is 16.1 Å². The van der Waals surface area contributed by atoms with Gasteiger partial charge in [0.15, 0.2) is 5.78 Å². The number of rotatable bonds is 3. The molecule has 0 saturated carbocycles. The van der Waals surface area contributed by atoms with Crippen molar-refractivity contribution in [2.24, 2.45) is 0 Å². The smallest absolute Gasteiger partial charge is 0.240 e. The monoisotopic (exact) mass is 432 g/mol. The Morgan fingerprint density at radius 1 is 1.19 bits per heavy atom. The fourth-order valence-electron chi connectivity index (χ4n) is 2.06. The maximum Gasteiger partial charge on any atom is 0.240 e. The van der Waals surface area contributed by atoms with Crippen LogP contribution >= 0.6 is 40.0 Å². The van der Waals surface area contributed by atoms with E-state index in [2.05, 4.69) is 27.1 Å². The first kappa shape index (κ1) is 14.9. The molecule has 0 radical (unpaired) electrons. The second-order valence-electron chi connectivity index (χ2n) is 4.36. The van der Waals surface area contributed by atoms with E-state index in [1.807, 2.05) is 0 Å². The zero-order valence-electron chi connectivity index (χ0n) is 10.5. The third-order valence-electron chi connectivity index (χ3n) is 3.08. The molecule has 0 bridgehead atoms. The third kappa shape index (κ3) is 2.82. The van der Waals surface area contributed by atoms with E-state index in [1.165, 1.54) is 0 Å². The highest BCUT2D eigenvalue weighted by molar-refractivity contribution is 14.2. The van der Waals surface area contributed by atoms with Gasteiger partial charge in [-0.05, 0) is 64.5 Å². The number of nitrogens with zero attached hydrogens (tertiary/aromatic N) is 2. The molecular weight excluding hydrogens is 424 g/mol. The van der Waals surface area contributed by atoms with Gasteiger partial charge in [0.05, 0.1) is 17.3 Å². The van der Waals surface area contributed by atoms with Gasteiger partial charge in [0.2, 0.25) is 5.95 Å². The van der Waals surface area contributed by atoms with Gasteiger partial charge in [-0.2, -0.15) is 4.39 Å². The summed E-state index contributed by atoms with van der Waals surface area (Å²) in [6, 6.07) is 11.6. The van der Waals surface area contributed by atoms with E-state index in [9.17, 15) is 9.18 Å². The van der Waals surface area contributed by atoms with Gasteiger partial charge in [-0.1, -0.05) is 11.6 Å². The molecule has 0 fully saturated rings. The van der Waals surface area contributed by atoms with Gasteiger partial charge < -0.3 is 0 Å². The molecule has 106 valence electrons. The summed E-state index contributed by atoms with van der Waals surface area (Å²) < 4.78 is 15.4. The highest BCUT2D eigenvalue weighted by Crippen LogP contribution is 2.30. The molecule has 0 spiro atoms. The van der Waals surface area contributed by atoms with Crippen LogP contribution in [0.25, 0.3) is 10.9 Å². The standard InChI is InChI=1S/C14H8ClFIN2OP/c15-10-4-1-8(2-5-10)13(20)9-3-6-12-11(7-9)14(16)18-19(12)21-17/h1-7,21H. The molecule has 7 heteroatoms. The van der Waals surface area contributed by atoms with Gasteiger partial charge in [-0.3, -0.25) is 4.79 Å². The van der Waals surface area contributed by atoms with E-state index < -0.39 is 5.95 Å². The zero-order chi connectivity index (χ0) is 15.0. The Morgan fingerprint density at radius 2 is 1.86 bits per heavy atom. The number of carbonyl (C=O) groups excluding carboxylic acids is 1. The number of aromatic nitrogens is 2. The Labute approximate surface area is 139 Å². The molecule has 1 aromatic heterocycles. The molecular formula is C14H8ClFIN2OP. The van der Waals surface area contributed by atoms with Crippen molar-refractivity contribution in [1.29, 1.82) is 0 Å². The van der Waals surface area contributed by atoms with Crippen molar-refractivity contribution in [3.05, 3.63) is 64.6 Å². The fraction of sp³-hybridized carbons (Fsp3) is 0. The predicted octanol–water partition coefficient (Wildman–Crippen LogP) is 4.85. The van der Waals surface area contributed by atoms with Crippen LogP contribution in [-0.2, 0) is 0 Å². The summed E-state index contributed by atoms with van der Waals surface area (Å²) in [7, 11) is 0. The van der Waals surface area contributed by atoms with Crippen molar-refractivity contribution in [2.75, 3.05) is 0 Å². The van der Waals surface area contributed by atoms with E-state index in [4.69, 9.17) is 11.6 Å². The van der Waals surface area contributed by atoms with Crippen LogP contribution in [0.4, 0.5) is 4.39 Å². The summed E-state index contributed by atoms with van der Waals surface area (Å²) in [4.78, 5) is 12.4. The van der Waals surface area contributed by atoms with Crippen molar-refractivity contribution >= 4 is 56.7 Å². The topological polar surface area (TPSA) is 34.9 Å². The normalized spacial score (nSPS) is 11.6. The fourth-order valence-corrected chi connectivity index (χ4v) is 3.70. The minimum Gasteiger partial charge on any atom is -0.289 e. The molecule has 3 nitrogen and oxygen atoms in total. The Morgan fingerprint density at radius 3 is 2.52 bits per heavy atom. The SMILES string of the molecule is O=C(c1ccc(Cl)cc1)c1ccc2c(c1)c(F)nn2PI. The predicted molar refractivity (Wildman–Crippen MR) is 92.3 cm³/mol. The van der Waals surface area contributed by atoms with Crippen molar-refractivity contribution in [2.45, 2.75) is 0 Å². The van der Waals surface area contributed by atoms with Crippen LogP contribution in [0, 0.1) is 5.95 Å². The first-order chi connectivity index (χ1) is 10.1. The second kappa shape index (κ2) is 5.99. The third-order valence-corrected chi connectivity index (χ3v) is 5.21. The van der Waals surface area contributed by atoms with Crippen LogP contribution < -0.4 is 0 Å². The average Bonchev–Trinajstić information content (AvgIpc) is 2.83. The lowest BCUT2D eigenvalue weighted by atomic mass is 10.0. The maximum atomic E-state index is 13.8. The summed E-state index contributed by atoms with van der Waals surface area (Å²) in [5.74, 6) is -0.724. The van der Waals surface area contributed by atoms with Crippen LogP contribution in [-0.4, -0.2) is 15.3 Å². The lowest BCUT2D eigenvalue weighted by molar-refractivity contribution is 0.103. The van der Waals surface area contributed by atoms with Crippen LogP contribution in [0.3, 0.4) is 0 Å². The lowest BCUT2D eigenvalue weighted by Crippen LogP contribution is -2.00. The number of benzene rings is 2. The lowest BCUT2D eigenvalue weighted by Gasteiger charge is -2.02. The van der Waals surface area contributed by atoms with E-state index in [1.54, 1.807) is 46.9 Å². The molecule has 2 aromatic carbocycles. The zero-order valence-corrected chi connectivity index (χ0v) is 14.4. The number of carbonyl (C=O) groups is 1. The molecule has 3 rings (SSSR count). The van der Waals surface area contributed by atoms with Crippen molar-refractivity contribution in [1.82, 2.24) is 9.55 Å². The largest absolute Gasteiger partial charge is 0.289 e. The minimum absolute atomic E-state index is 0.169. The first-order valence-corrected chi connectivity index (χ1v) is 10.4. The summed E-state index contributed by atoms with van der Waals surface area (Å²) in [5, 5.41) is 4.75. The Bertz CT molecular complexity index is 835. The molecule has 3 aromatic rings. The molecule has 0 aliphatic carbocycles. The number of hydrogen-bond acceptors (Lipinski definition) is 2. The number of fused-ring (bicyclic) bond motifs is 1. The van der Waals surface area contributed by atoms with Gasteiger partial charge >= 0.3 is 0 Å². The molecule has 0 amide bonds. The Kier molecular flexibility index (Phi) is 4.24. The van der Waals surface area contributed by atoms with E-state index in [0.717, 1.165) is 0 Å². The highest BCUT2D eigenvalue weighted by atomic mass is 127. The highest BCUT2D eigenvalue weighted by Gasteiger charge is 2.14. The van der Waals surface area contributed by atoms with Crippen molar-refractivity contribution in [3.63, 3.8) is 0 Å². The summed E-state index contributed by atoms with van der Waals surface area (Å²) in [6.07, 6.45) is 0.303. The molecule has 1 atom stereocenters. The molecule has 1 heterocycles. The molecule has 0 aliphatic heterocycles. The van der Waals surface area contributed by atoms with E-state index in [0.29, 0.717) is 33.4 Å². The van der Waals surface area contributed by atoms with E-state index in [-0.39, 0.29) is 5.78 Å². The minimum atomic E-state index is -0.556. The maximum absolute atomic E-state index is 13.8. The summed E-state index contributed by atoms with van der Waals surface area (Å²) in [5.41, 5.74) is 1.63. The van der Waals surface area contributed by atoms with Gasteiger partial charge in [-0.25, -0.2) is 4.45 Å². The van der Waals surface area contributed by atoms with Gasteiger partial charge in [0.1, 0.15) is 0 Å². The van der Waals surface area contributed by atoms with Crippen molar-refractivity contribution < 1.29 is 9.18 Å². The molecule has 1 unspecified atom stereocenters.